The van der Waals surface area contributed by atoms with Gasteiger partial charge >= 0.3 is 6.16 Å². The quantitative estimate of drug-likeness (QED) is 0.533. The van der Waals surface area contributed by atoms with E-state index in [2.05, 4.69) is 4.74 Å². The summed E-state index contributed by atoms with van der Waals surface area (Å²) in [5.41, 5.74) is 0.718. The molecule has 3 heterocycles. The molecule has 1 saturated heterocycles. The maximum atomic E-state index is 13.4. The van der Waals surface area contributed by atoms with Gasteiger partial charge in [0, 0.05) is 25.7 Å². The van der Waals surface area contributed by atoms with Crippen LogP contribution in [0.2, 0.25) is 0 Å². The van der Waals surface area contributed by atoms with Gasteiger partial charge in [-0.25, -0.2) is 4.79 Å². The fourth-order valence-electron chi connectivity index (χ4n) is 4.02. The van der Waals surface area contributed by atoms with Crippen LogP contribution in [0.25, 0.3) is 0 Å². The maximum Gasteiger partial charge on any atom is 0.511 e. The molecular weight excluding hydrogens is 404 g/mol. The molecule has 0 saturated carbocycles. The minimum atomic E-state index is -1.12. The minimum Gasteiger partial charge on any atom is -0.448 e. The van der Waals surface area contributed by atoms with E-state index < -0.39 is 24.1 Å². The SMILES string of the molecule is COC(=O)OC(C)Oc1c2n(ccc1=O)[C@@H](Cc1ccccc1)[C@@H]1OCCCN1C2=O. The lowest BCUT2D eigenvalue weighted by molar-refractivity contribution is -0.112. The Morgan fingerprint density at radius 3 is 2.74 bits per heavy atom. The van der Waals surface area contributed by atoms with Crippen molar-refractivity contribution in [3.05, 3.63) is 64.1 Å². The van der Waals surface area contributed by atoms with Crippen molar-refractivity contribution in [3.63, 3.8) is 0 Å². The Balaban J connectivity index is 1.76. The normalized spacial score (nSPS) is 21.0. The van der Waals surface area contributed by atoms with E-state index in [1.54, 1.807) is 15.7 Å². The molecule has 2 aliphatic heterocycles. The number of pyridine rings is 1. The summed E-state index contributed by atoms with van der Waals surface area (Å²) in [6, 6.07) is 11.0. The van der Waals surface area contributed by atoms with Gasteiger partial charge in [0.05, 0.1) is 19.8 Å². The van der Waals surface area contributed by atoms with Crippen LogP contribution >= 0.6 is 0 Å². The number of methoxy groups -OCH3 is 1. The average Bonchev–Trinajstić information content (AvgIpc) is 2.78. The van der Waals surface area contributed by atoms with E-state index >= 15 is 0 Å². The zero-order valence-corrected chi connectivity index (χ0v) is 17.4. The van der Waals surface area contributed by atoms with Gasteiger partial charge in [-0.05, 0) is 18.4 Å². The second-order valence-corrected chi connectivity index (χ2v) is 7.39. The van der Waals surface area contributed by atoms with E-state index in [-0.39, 0.29) is 23.4 Å². The van der Waals surface area contributed by atoms with Crippen LogP contribution in [0.1, 0.15) is 35.4 Å². The molecule has 9 heteroatoms. The number of amides is 1. The van der Waals surface area contributed by atoms with Crippen molar-refractivity contribution in [2.75, 3.05) is 20.3 Å². The number of nitrogens with zero attached hydrogens (tertiary/aromatic N) is 2. The number of benzene rings is 1. The molecule has 0 N–H and O–H groups in total. The summed E-state index contributed by atoms with van der Waals surface area (Å²) in [5.74, 6) is -0.516. The van der Waals surface area contributed by atoms with Gasteiger partial charge in [0.2, 0.25) is 17.5 Å². The van der Waals surface area contributed by atoms with Gasteiger partial charge in [0.25, 0.3) is 5.91 Å². The Kier molecular flexibility index (Phi) is 5.94. The first-order chi connectivity index (χ1) is 15.0. The van der Waals surface area contributed by atoms with Crippen LogP contribution in [0.4, 0.5) is 4.79 Å². The van der Waals surface area contributed by atoms with Gasteiger partial charge in [0.1, 0.15) is 0 Å². The second-order valence-electron chi connectivity index (χ2n) is 7.39. The summed E-state index contributed by atoms with van der Waals surface area (Å²) in [6.45, 7) is 2.52. The Hall–Kier alpha value is -3.33. The zero-order valence-electron chi connectivity index (χ0n) is 17.4. The molecule has 0 spiro atoms. The van der Waals surface area contributed by atoms with E-state index in [1.165, 1.54) is 20.1 Å². The van der Waals surface area contributed by atoms with Crippen LogP contribution in [-0.4, -0.2) is 54.3 Å². The van der Waals surface area contributed by atoms with Gasteiger partial charge in [-0.1, -0.05) is 30.3 Å². The van der Waals surface area contributed by atoms with E-state index in [4.69, 9.17) is 14.2 Å². The largest absolute Gasteiger partial charge is 0.511 e. The lowest BCUT2D eigenvalue weighted by Crippen LogP contribution is -2.56. The zero-order chi connectivity index (χ0) is 22.0. The molecule has 164 valence electrons. The molecule has 1 aromatic heterocycles. The van der Waals surface area contributed by atoms with Crippen LogP contribution in [-0.2, 0) is 20.6 Å². The van der Waals surface area contributed by atoms with Crippen LogP contribution in [0.3, 0.4) is 0 Å². The third-order valence-electron chi connectivity index (χ3n) is 5.37. The van der Waals surface area contributed by atoms with E-state index in [0.717, 1.165) is 5.56 Å². The number of hydrogen-bond donors (Lipinski definition) is 0. The summed E-state index contributed by atoms with van der Waals surface area (Å²) in [7, 11) is 1.17. The highest BCUT2D eigenvalue weighted by Crippen LogP contribution is 2.35. The summed E-state index contributed by atoms with van der Waals surface area (Å²) >= 11 is 0. The van der Waals surface area contributed by atoms with Crippen LogP contribution in [0.5, 0.6) is 5.75 Å². The van der Waals surface area contributed by atoms with Crippen molar-refractivity contribution in [2.24, 2.45) is 0 Å². The van der Waals surface area contributed by atoms with Crippen LogP contribution < -0.4 is 10.2 Å². The summed E-state index contributed by atoms with van der Waals surface area (Å²) in [5, 5.41) is 0. The highest BCUT2D eigenvalue weighted by Gasteiger charge is 2.43. The highest BCUT2D eigenvalue weighted by atomic mass is 16.8. The molecule has 2 aromatic rings. The standard InChI is InChI=1S/C22H24N2O7/c1-14(31-22(27)28-2)30-19-17(25)9-11-23-16(13-15-7-4-3-5-8-15)21-24(10-6-12-29-21)20(26)18(19)23/h3-5,7-9,11,14,16,21H,6,10,12-13H2,1-2H3/t14?,16-,21-/m0/s1. The summed E-state index contributed by atoms with van der Waals surface area (Å²) < 4.78 is 22.7. The van der Waals surface area contributed by atoms with Crippen molar-refractivity contribution >= 4 is 12.1 Å². The van der Waals surface area contributed by atoms with Crippen molar-refractivity contribution in [2.45, 2.75) is 38.3 Å². The molecule has 1 amide bonds. The molecule has 4 rings (SSSR count). The summed E-state index contributed by atoms with van der Waals surface area (Å²) in [6.07, 6.45) is 0.372. The third kappa shape index (κ3) is 4.13. The molecule has 31 heavy (non-hydrogen) atoms. The average molecular weight is 428 g/mol. The molecule has 2 aliphatic rings. The molecule has 1 aromatic carbocycles. The molecule has 0 bridgehead atoms. The molecule has 0 aliphatic carbocycles. The molecule has 1 unspecified atom stereocenters. The van der Waals surface area contributed by atoms with E-state index in [9.17, 15) is 14.4 Å². The molecule has 9 nitrogen and oxygen atoms in total. The predicted octanol–water partition coefficient (Wildman–Crippen LogP) is 2.34. The Morgan fingerprint density at radius 1 is 1.23 bits per heavy atom. The fourth-order valence-corrected chi connectivity index (χ4v) is 4.02. The predicted molar refractivity (Wildman–Crippen MR) is 109 cm³/mol. The van der Waals surface area contributed by atoms with E-state index in [1.807, 2.05) is 30.3 Å². The van der Waals surface area contributed by atoms with Gasteiger partial charge in [-0.3, -0.25) is 9.59 Å². The first-order valence-corrected chi connectivity index (χ1v) is 10.1. The first-order valence-electron chi connectivity index (χ1n) is 10.1. The topological polar surface area (TPSA) is 96.3 Å². The molecule has 0 radical (unpaired) electrons. The Morgan fingerprint density at radius 2 is 2.00 bits per heavy atom. The van der Waals surface area contributed by atoms with Crippen LogP contribution in [0, 0.1) is 0 Å². The summed E-state index contributed by atoms with van der Waals surface area (Å²) in [4.78, 5) is 39.0. The number of ether oxygens (including phenoxy) is 4. The number of carbonyl (C=O) groups is 2. The van der Waals surface area contributed by atoms with Gasteiger partial charge in [-0.2, -0.15) is 0 Å². The van der Waals surface area contributed by atoms with Crippen molar-refractivity contribution in [1.29, 1.82) is 0 Å². The van der Waals surface area contributed by atoms with E-state index in [0.29, 0.717) is 26.0 Å². The minimum absolute atomic E-state index is 0.121. The molecular formula is C22H24N2O7. The van der Waals surface area contributed by atoms with Crippen LogP contribution in [0.15, 0.2) is 47.4 Å². The number of rotatable bonds is 5. The molecule has 3 atom stereocenters. The smallest absolute Gasteiger partial charge is 0.448 e. The number of aromatic nitrogens is 1. The van der Waals surface area contributed by atoms with Gasteiger partial charge in [0.15, 0.2) is 11.9 Å². The fraction of sp³-hybridized carbons (Fsp3) is 0.409. The monoisotopic (exact) mass is 428 g/mol. The Labute approximate surface area is 179 Å². The van der Waals surface area contributed by atoms with Gasteiger partial charge < -0.3 is 28.4 Å². The Bertz CT molecular complexity index is 1020. The lowest BCUT2D eigenvalue weighted by Gasteiger charge is -2.45. The number of hydrogen-bond acceptors (Lipinski definition) is 7. The first kappa shape index (κ1) is 20.9. The second kappa shape index (κ2) is 8.81. The molecule has 1 fully saturated rings. The van der Waals surface area contributed by atoms with Crippen molar-refractivity contribution < 1.29 is 28.5 Å². The maximum absolute atomic E-state index is 13.4. The van der Waals surface area contributed by atoms with Crippen molar-refractivity contribution in [3.8, 4) is 5.75 Å². The van der Waals surface area contributed by atoms with Crippen molar-refractivity contribution in [1.82, 2.24) is 9.47 Å². The number of carbonyl (C=O) groups excluding carboxylic acids is 2. The van der Waals surface area contributed by atoms with Gasteiger partial charge in [-0.15, -0.1) is 0 Å². The lowest BCUT2D eigenvalue weighted by atomic mass is 9.99. The highest BCUT2D eigenvalue weighted by molar-refractivity contribution is 5.96. The number of fused-ring (bicyclic) bond motifs is 2. The third-order valence-corrected chi connectivity index (χ3v) is 5.37.